The molecule has 1 aromatic carbocycles. The second kappa shape index (κ2) is 7.80. The van der Waals surface area contributed by atoms with Gasteiger partial charge in [-0.1, -0.05) is 23.7 Å². The van der Waals surface area contributed by atoms with Gasteiger partial charge in [0, 0.05) is 42.7 Å². The summed E-state index contributed by atoms with van der Waals surface area (Å²) in [4.78, 5) is 18.1. The van der Waals surface area contributed by atoms with Crippen LogP contribution in [0.1, 0.15) is 32.3 Å². The molecule has 4 rings (SSSR count). The SMILES string of the molecule is CN(C)Cc1c(N2CCOCC2)sc2c1C(c1ccc(Cl)cc1)CNC2=O. The Balaban J connectivity index is 1.83. The third-order valence-corrected chi connectivity index (χ3v) is 6.65. The summed E-state index contributed by atoms with van der Waals surface area (Å²) in [6, 6.07) is 7.99. The third kappa shape index (κ3) is 3.72. The van der Waals surface area contributed by atoms with Gasteiger partial charge in [-0.15, -0.1) is 11.3 Å². The van der Waals surface area contributed by atoms with Crippen LogP contribution in [-0.2, 0) is 11.3 Å². The Kier molecular flexibility index (Phi) is 5.41. The van der Waals surface area contributed by atoms with E-state index in [4.69, 9.17) is 16.3 Å². The van der Waals surface area contributed by atoms with Gasteiger partial charge in [0.2, 0.25) is 0 Å². The fourth-order valence-electron chi connectivity index (χ4n) is 3.85. The van der Waals surface area contributed by atoms with Crippen LogP contribution in [0.25, 0.3) is 0 Å². The fourth-order valence-corrected chi connectivity index (χ4v) is 5.32. The maximum absolute atomic E-state index is 12.7. The lowest BCUT2D eigenvalue weighted by atomic mass is 9.86. The van der Waals surface area contributed by atoms with Crippen molar-refractivity contribution in [2.24, 2.45) is 0 Å². The molecule has 1 unspecified atom stereocenters. The number of benzene rings is 1. The summed E-state index contributed by atoms with van der Waals surface area (Å²) in [5, 5.41) is 5.02. The highest BCUT2D eigenvalue weighted by atomic mass is 35.5. The predicted molar refractivity (Wildman–Crippen MR) is 110 cm³/mol. The zero-order valence-electron chi connectivity index (χ0n) is 15.6. The second-order valence-electron chi connectivity index (χ2n) is 7.28. The van der Waals surface area contributed by atoms with Gasteiger partial charge in [0.15, 0.2) is 0 Å². The lowest BCUT2D eigenvalue weighted by Crippen LogP contribution is -2.37. The van der Waals surface area contributed by atoms with Gasteiger partial charge in [0.05, 0.1) is 23.1 Å². The van der Waals surface area contributed by atoms with Crippen LogP contribution in [0.2, 0.25) is 5.02 Å². The number of nitrogens with zero attached hydrogens (tertiary/aromatic N) is 2. The number of hydrogen-bond acceptors (Lipinski definition) is 5. The molecule has 0 bridgehead atoms. The molecule has 5 nitrogen and oxygen atoms in total. The summed E-state index contributed by atoms with van der Waals surface area (Å²) >= 11 is 7.71. The van der Waals surface area contributed by atoms with E-state index in [1.54, 1.807) is 11.3 Å². The van der Waals surface area contributed by atoms with Gasteiger partial charge in [0.25, 0.3) is 5.91 Å². The first-order valence-electron chi connectivity index (χ1n) is 9.21. The summed E-state index contributed by atoms with van der Waals surface area (Å²) in [5.74, 6) is 0.190. The number of fused-ring (bicyclic) bond motifs is 1. The van der Waals surface area contributed by atoms with Gasteiger partial charge in [-0.3, -0.25) is 4.79 Å². The number of hydrogen-bond donors (Lipinski definition) is 1. The predicted octanol–water partition coefficient (Wildman–Crippen LogP) is 3.18. The molecule has 1 amide bonds. The molecular formula is C20H24ClN3O2S. The van der Waals surface area contributed by atoms with Crippen LogP contribution in [0.15, 0.2) is 24.3 Å². The number of nitrogens with one attached hydrogen (secondary N) is 1. The molecule has 1 aromatic heterocycles. The standard InChI is InChI=1S/C20H24ClN3O2S/c1-23(2)12-16-17-15(13-3-5-14(21)6-4-13)11-22-19(25)18(17)27-20(16)24-7-9-26-10-8-24/h3-6,15H,7-12H2,1-2H3,(H,22,25). The number of ether oxygens (including phenoxy) is 1. The number of carbonyl (C=O) groups is 1. The highest BCUT2D eigenvalue weighted by Crippen LogP contribution is 2.44. The molecule has 1 atom stereocenters. The van der Waals surface area contributed by atoms with E-state index in [0.29, 0.717) is 6.54 Å². The number of rotatable bonds is 4. The minimum atomic E-state index is 0.0414. The first kappa shape index (κ1) is 18.7. The van der Waals surface area contributed by atoms with Crippen LogP contribution in [0.4, 0.5) is 5.00 Å². The Hall–Kier alpha value is -1.60. The number of anilines is 1. The Labute approximate surface area is 168 Å². The average Bonchev–Trinajstić information content (AvgIpc) is 3.03. The van der Waals surface area contributed by atoms with E-state index in [1.165, 1.54) is 21.7 Å². The first-order chi connectivity index (χ1) is 13.0. The number of carbonyl (C=O) groups excluding carboxylic acids is 1. The zero-order chi connectivity index (χ0) is 19.0. The van der Waals surface area contributed by atoms with Crippen LogP contribution < -0.4 is 10.2 Å². The van der Waals surface area contributed by atoms with E-state index in [-0.39, 0.29) is 11.8 Å². The Morgan fingerprint density at radius 3 is 2.63 bits per heavy atom. The van der Waals surface area contributed by atoms with E-state index in [1.807, 2.05) is 12.1 Å². The maximum Gasteiger partial charge on any atom is 0.261 e. The lowest BCUT2D eigenvalue weighted by molar-refractivity contribution is 0.0947. The Morgan fingerprint density at radius 1 is 1.26 bits per heavy atom. The van der Waals surface area contributed by atoms with Crippen LogP contribution in [0.3, 0.4) is 0 Å². The average molecular weight is 406 g/mol. The van der Waals surface area contributed by atoms with Gasteiger partial charge in [-0.25, -0.2) is 0 Å². The van der Waals surface area contributed by atoms with Crippen molar-refractivity contribution in [2.75, 3.05) is 51.8 Å². The minimum Gasteiger partial charge on any atom is -0.378 e. The quantitative estimate of drug-likeness (QED) is 0.848. The number of halogens is 1. The molecule has 1 N–H and O–H groups in total. The first-order valence-corrected chi connectivity index (χ1v) is 10.4. The monoisotopic (exact) mass is 405 g/mol. The summed E-state index contributed by atoms with van der Waals surface area (Å²) in [5.41, 5.74) is 3.64. The second-order valence-corrected chi connectivity index (χ2v) is 8.72. The van der Waals surface area contributed by atoms with Crippen molar-refractivity contribution in [3.05, 3.63) is 50.9 Å². The van der Waals surface area contributed by atoms with E-state index >= 15 is 0 Å². The summed E-state index contributed by atoms with van der Waals surface area (Å²) < 4.78 is 5.53. The van der Waals surface area contributed by atoms with Crippen molar-refractivity contribution >= 4 is 33.8 Å². The van der Waals surface area contributed by atoms with Crippen molar-refractivity contribution in [3.8, 4) is 0 Å². The fraction of sp³-hybridized carbons (Fsp3) is 0.450. The molecule has 7 heteroatoms. The number of morpholine rings is 1. The minimum absolute atomic E-state index is 0.0414. The molecule has 2 aromatic rings. The van der Waals surface area contributed by atoms with E-state index < -0.39 is 0 Å². The Bertz CT molecular complexity index is 828. The Morgan fingerprint density at radius 2 is 1.96 bits per heavy atom. The number of amides is 1. The molecule has 0 radical (unpaired) electrons. The van der Waals surface area contributed by atoms with Crippen LogP contribution in [-0.4, -0.2) is 57.8 Å². The lowest BCUT2D eigenvalue weighted by Gasteiger charge is -2.30. The molecular weight excluding hydrogens is 382 g/mol. The van der Waals surface area contributed by atoms with Gasteiger partial charge in [-0.05, 0) is 37.4 Å². The molecule has 0 spiro atoms. The molecule has 0 aliphatic carbocycles. The van der Waals surface area contributed by atoms with Gasteiger partial charge >= 0.3 is 0 Å². The molecule has 3 heterocycles. The smallest absolute Gasteiger partial charge is 0.261 e. The molecule has 1 fully saturated rings. The highest BCUT2D eigenvalue weighted by Gasteiger charge is 2.35. The van der Waals surface area contributed by atoms with Crippen molar-refractivity contribution < 1.29 is 9.53 Å². The van der Waals surface area contributed by atoms with Crippen LogP contribution >= 0.6 is 22.9 Å². The summed E-state index contributed by atoms with van der Waals surface area (Å²) in [6.07, 6.45) is 0. The summed E-state index contributed by atoms with van der Waals surface area (Å²) in [7, 11) is 4.15. The third-order valence-electron chi connectivity index (χ3n) is 5.09. The van der Waals surface area contributed by atoms with E-state index in [2.05, 4.69) is 41.3 Å². The molecule has 27 heavy (non-hydrogen) atoms. The van der Waals surface area contributed by atoms with Gasteiger partial charge in [0.1, 0.15) is 0 Å². The molecule has 2 aliphatic rings. The van der Waals surface area contributed by atoms with Crippen molar-refractivity contribution in [2.45, 2.75) is 12.5 Å². The number of thiophene rings is 1. The summed E-state index contributed by atoms with van der Waals surface area (Å²) in [6.45, 7) is 4.64. The van der Waals surface area contributed by atoms with Crippen molar-refractivity contribution in [3.63, 3.8) is 0 Å². The molecule has 0 saturated carbocycles. The van der Waals surface area contributed by atoms with Crippen LogP contribution in [0.5, 0.6) is 0 Å². The normalized spacial score (nSPS) is 19.9. The molecule has 144 valence electrons. The van der Waals surface area contributed by atoms with Gasteiger partial charge in [-0.2, -0.15) is 0 Å². The maximum atomic E-state index is 12.7. The van der Waals surface area contributed by atoms with Crippen LogP contribution in [0, 0.1) is 0 Å². The molecule has 2 aliphatic heterocycles. The molecule has 1 saturated heterocycles. The van der Waals surface area contributed by atoms with E-state index in [9.17, 15) is 4.79 Å². The van der Waals surface area contributed by atoms with Crippen molar-refractivity contribution in [1.29, 1.82) is 0 Å². The van der Waals surface area contributed by atoms with Gasteiger partial charge < -0.3 is 19.9 Å². The van der Waals surface area contributed by atoms with E-state index in [0.717, 1.165) is 42.7 Å². The largest absolute Gasteiger partial charge is 0.378 e. The topological polar surface area (TPSA) is 44.8 Å². The highest BCUT2D eigenvalue weighted by molar-refractivity contribution is 7.18. The zero-order valence-corrected chi connectivity index (χ0v) is 17.2. The van der Waals surface area contributed by atoms with Crippen molar-refractivity contribution in [1.82, 2.24) is 10.2 Å².